The van der Waals surface area contributed by atoms with Crippen LogP contribution in [-0.4, -0.2) is 11.2 Å². The van der Waals surface area contributed by atoms with Gasteiger partial charge in [-0.2, -0.15) is 0 Å². The van der Waals surface area contributed by atoms with Crippen LogP contribution < -0.4 is 5.32 Å². The molecule has 0 aliphatic carbocycles. The lowest BCUT2D eigenvalue weighted by Crippen LogP contribution is -2.02. The lowest BCUT2D eigenvalue weighted by molar-refractivity contribution is 1.09. The van der Waals surface area contributed by atoms with E-state index >= 15 is 0 Å². The predicted molar refractivity (Wildman–Crippen MR) is 82.2 cm³/mol. The molecule has 0 radical (unpaired) electrons. The van der Waals surface area contributed by atoms with E-state index in [9.17, 15) is 0 Å². The molecule has 0 fully saturated rings. The van der Waals surface area contributed by atoms with Crippen LogP contribution in [0.3, 0.4) is 0 Å². The van der Waals surface area contributed by atoms with Gasteiger partial charge in [0.1, 0.15) is 5.82 Å². The van der Waals surface area contributed by atoms with Gasteiger partial charge in [-0.3, -0.25) is 0 Å². The number of aromatic nitrogens is 1. The van der Waals surface area contributed by atoms with Gasteiger partial charge < -0.3 is 5.32 Å². The predicted octanol–water partition coefficient (Wildman–Crippen LogP) is 4.49. The van der Waals surface area contributed by atoms with Crippen molar-refractivity contribution in [3.63, 3.8) is 0 Å². The highest BCUT2D eigenvalue weighted by Gasteiger charge is 2.00. The summed E-state index contributed by atoms with van der Waals surface area (Å²) in [7, 11) is 0. The van der Waals surface area contributed by atoms with Gasteiger partial charge in [-0.1, -0.05) is 12.1 Å². The van der Waals surface area contributed by atoms with E-state index in [1.54, 1.807) is 11.8 Å². The summed E-state index contributed by atoms with van der Waals surface area (Å²) in [5.41, 5.74) is 2.40. The average molecular weight is 323 g/mol. The highest BCUT2D eigenvalue weighted by Crippen LogP contribution is 2.18. The van der Waals surface area contributed by atoms with Crippen LogP contribution in [0.15, 0.2) is 45.9 Å². The van der Waals surface area contributed by atoms with Gasteiger partial charge in [0.25, 0.3) is 0 Å². The molecule has 2 rings (SSSR count). The summed E-state index contributed by atoms with van der Waals surface area (Å²) in [6.45, 7) is 2.85. The SMILES string of the molecule is CSc1ccc(CNc2ncc(Br)cc2C)cc1. The molecular formula is C14H15BrN2S. The molecule has 0 aliphatic heterocycles. The van der Waals surface area contributed by atoms with Crippen LogP contribution in [0.4, 0.5) is 5.82 Å². The minimum Gasteiger partial charge on any atom is -0.366 e. The quantitative estimate of drug-likeness (QED) is 0.840. The van der Waals surface area contributed by atoms with Gasteiger partial charge in [0.05, 0.1) is 0 Å². The van der Waals surface area contributed by atoms with Crippen LogP contribution in [0.1, 0.15) is 11.1 Å². The normalized spacial score (nSPS) is 10.4. The van der Waals surface area contributed by atoms with Gasteiger partial charge in [-0.25, -0.2) is 4.98 Å². The third-order valence-corrected chi connectivity index (χ3v) is 3.84. The molecule has 94 valence electrons. The number of anilines is 1. The Balaban J connectivity index is 2.02. The third-order valence-electron chi connectivity index (χ3n) is 2.66. The number of hydrogen-bond acceptors (Lipinski definition) is 3. The van der Waals surface area contributed by atoms with Gasteiger partial charge in [0.2, 0.25) is 0 Å². The van der Waals surface area contributed by atoms with Crippen molar-refractivity contribution in [3.05, 3.63) is 52.1 Å². The number of thioether (sulfide) groups is 1. The van der Waals surface area contributed by atoms with E-state index in [0.29, 0.717) is 0 Å². The van der Waals surface area contributed by atoms with E-state index in [2.05, 4.69) is 69.7 Å². The lowest BCUT2D eigenvalue weighted by Gasteiger charge is -2.09. The van der Waals surface area contributed by atoms with Gasteiger partial charge in [0.15, 0.2) is 0 Å². The van der Waals surface area contributed by atoms with Crippen molar-refractivity contribution in [2.45, 2.75) is 18.4 Å². The van der Waals surface area contributed by atoms with Crippen molar-refractivity contribution in [1.82, 2.24) is 4.98 Å². The summed E-state index contributed by atoms with van der Waals surface area (Å²) >= 11 is 5.17. The second kappa shape index (κ2) is 6.25. The fourth-order valence-electron chi connectivity index (χ4n) is 1.65. The third kappa shape index (κ3) is 3.50. The Morgan fingerprint density at radius 1 is 1.28 bits per heavy atom. The largest absolute Gasteiger partial charge is 0.366 e. The molecule has 0 bridgehead atoms. The first-order chi connectivity index (χ1) is 8.69. The standard InChI is InChI=1S/C14H15BrN2S/c1-10-7-12(15)9-17-14(10)16-8-11-3-5-13(18-2)6-4-11/h3-7,9H,8H2,1-2H3,(H,16,17). The lowest BCUT2D eigenvalue weighted by atomic mass is 10.2. The molecule has 0 spiro atoms. The Kier molecular flexibility index (Phi) is 4.66. The first-order valence-corrected chi connectivity index (χ1v) is 7.70. The monoisotopic (exact) mass is 322 g/mol. The molecule has 1 heterocycles. The topological polar surface area (TPSA) is 24.9 Å². The molecule has 1 N–H and O–H groups in total. The highest BCUT2D eigenvalue weighted by molar-refractivity contribution is 9.10. The van der Waals surface area contributed by atoms with E-state index in [1.165, 1.54) is 10.5 Å². The number of aryl methyl sites for hydroxylation is 1. The van der Waals surface area contributed by atoms with Gasteiger partial charge >= 0.3 is 0 Å². The Morgan fingerprint density at radius 2 is 2.00 bits per heavy atom. The number of benzene rings is 1. The van der Waals surface area contributed by atoms with E-state index in [4.69, 9.17) is 0 Å². The number of pyridine rings is 1. The van der Waals surface area contributed by atoms with Crippen molar-refractivity contribution >= 4 is 33.5 Å². The maximum atomic E-state index is 4.36. The fraction of sp³-hybridized carbons (Fsp3) is 0.214. The maximum absolute atomic E-state index is 4.36. The number of hydrogen-bond donors (Lipinski definition) is 1. The van der Waals surface area contributed by atoms with Crippen LogP contribution in [0, 0.1) is 6.92 Å². The van der Waals surface area contributed by atoms with Crippen molar-refractivity contribution in [2.75, 3.05) is 11.6 Å². The summed E-state index contributed by atoms with van der Waals surface area (Å²) < 4.78 is 1.01. The van der Waals surface area contributed by atoms with Crippen LogP contribution in [0.2, 0.25) is 0 Å². The number of halogens is 1. The molecule has 18 heavy (non-hydrogen) atoms. The van der Waals surface area contributed by atoms with Crippen molar-refractivity contribution in [2.24, 2.45) is 0 Å². The first-order valence-electron chi connectivity index (χ1n) is 5.68. The Hall–Kier alpha value is -1.00. The molecule has 1 aromatic carbocycles. The molecule has 4 heteroatoms. The average Bonchev–Trinajstić information content (AvgIpc) is 2.38. The highest BCUT2D eigenvalue weighted by atomic mass is 79.9. The van der Waals surface area contributed by atoms with Crippen LogP contribution >= 0.6 is 27.7 Å². The number of nitrogens with zero attached hydrogens (tertiary/aromatic N) is 1. The molecule has 0 saturated heterocycles. The molecule has 0 atom stereocenters. The summed E-state index contributed by atoms with van der Waals surface area (Å²) in [5.74, 6) is 0.937. The van der Waals surface area contributed by atoms with E-state index < -0.39 is 0 Å². The molecule has 0 unspecified atom stereocenters. The second-order valence-corrected chi connectivity index (χ2v) is 5.82. The number of rotatable bonds is 4. The molecule has 0 saturated carbocycles. The molecule has 2 nitrogen and oxygen atoms in total. The Morgan fingerprint density at radius 3 is 2.61 bits per heavy atom. The summed E-state index contributed by atoms with van der Waals surface area (Å²) in [6.07, 6.45) is 3.90. The van der Waals surface area contributed by atoms with Crippen LogP contribution in [-0.2, 0) is 6.54 Å². The molecule has 1 aromatic heterocycles. The van der Waals surface area contributed by atoms with E-state index in [0.717, 1.165) is 22.4 Å². The Labute approximate surface area is 120 Å². The van der Waals surface area contributed by atoms with Crippen molar-refractivity contribution in [1.29, 1.82) is 0 Å². The maximum Gasteiger partial charge on any atom is 0.129 e. The number of nitrogens with one attached hydrogen (secondary N) is 1. The van der Waals surface area contributed by atoms with Crippen molar-refractivity contribution < 1.29 is 0 Å². The van der Waals surface area contributed by atoms with E-state index in [-0.39, 0.29) is 0 Å². The van der Waals surface area contributed by atoms with Gasteiger partial charge in [0, 0.05) is 22.1 Å². The second-order valence-electron chi connectivity index (χ2n) is 4.02. The summed E-state index contributed by atoms with van der Waals surface area (Å²) in [5, 5.41) is 3.36. The minimum atomic E-state index is 0.796. The molecule has 0 aliphatic rings. The van der Waals surface area contributed by atoms with Gasteiger partial charge in [-0.05, 0) is 58.4 Å². The zero-order valence-corrected chi connectivity index (χ0v) is 12.8. The Bertz CT molecular complexity index is 526. The zero-order chi connectivity index (χ0) is 13.0. The summed E-state index contributed by atoms with van der Waals surface area (Å²) in [6, 6.07) is 10.6. The van der Waals surface area contributed by atoms with Crippen LogP contribution in [0.5, 0.6) is 0 Å². The smallest absolute Gasteiger partial charge is 0.129 e. The minimum absolute atomic E-state index is 0.796. The zero-order valence-electron chi connectivity index (χ0n) is 10.4. The van der Waals surface area contributed by atoms with Gasteiger partial charge in [-0.15, -0.1) is 11.8 Å². The molecular weight excluding hydrogens is 308 g/mol. The molecule has 2 aromatic rings. The molecule has 0 amide bonds. The van der Waals surface area contributed by atoms with Crippen LogP contribution in [0.25, 0.3) is 0 Å². The van der Waals surface area contributed by atoms with Crippen molar-refractivity contribution in [3.8, 4) is 0 Å². The summed E-state index contributed by atoms with van der Waals surface area (Å²) in [4.78, 5) is 5.65. The first kappa shape index (κ1) is 13.4. The van der Waals surface area contributed by atoms with E-state index in [1.807, 2.05) is 6.20 Å². The fourth-order valence-corrected chi connectivity index (χ4v) is 2.51.